The molecule has 1 heterocycles. The van der Waals surface area contributed by atoms with Crippen LogP contribution < -0.4 is 0 Å². The summed E-state index contributed by atoms with van der Waals surface area (Å²) in [5.74, 6) is -0.155. The molecular weight excluding hydrogens is 301 g/mol. The number of hydrogen-bond donors (Lipinski definition) is 0. The first-order valence-electron chi connectivity index (χ1n) is 7.51. The Morgan fingerprint density at radius 3 is 2.64 bits per heavy atom. The molecular formula is C17H19ClFN3. The highest BCUT2D eigenvalue weighted by Crippen LogP contribution is 2.38. The summed E-state index contributed by atoms with van der Waals surface area (Å²) in [6.07, 6.45) is 1.79. The van der Waals surface area contributed by atoms with Gasteiger partial charge in [-0.15, -0.1) is 0 Å². The Morgan fingerprint density at radius 2 is 2.05 bits per heavy atom. The van der Waals surface area contributed by atoms with Crippen LogP contribution in [0.4, 0.5) is 4.39 Å². The Morgan fingerprint density at radius 1 is 1.32 bits per heavy atom. The molecule has 0 radical (unpaired) electrons. The van der Waals surface area contributed by atoms with Crippen LogP contribution >= 0.6 is 11.6 Å². The number of rotatable bonds is 5. The molecule has 1 fully saturated rings. The molecule has 0 aromatic heterocycles. The molecule has 1 aromatic rings. The van der Waals surface area contributed by atoms with E-state index >= 15 is 4.39 Å². The van der Waals surface area contributed by atoms with Gasteiger partial charge in [0.05, 0.1) is 18.1 Å². The SMILES string of the molecule is N#CCCC(C#N)CN1CCC(F)(c2cccc(Cl)c2)CC1. The number of nitrogens with zero attached hydrogens (tertiary/aromatic N) is 3. The van der Waals surface area contributed by atoms with Gasteiger partial charge >= 0.3 is 0 Å². The van der Waals surface area contributed by atoms with Crippen molar-refractivity contribution in [1.29, 1.82) is 10.5 Å². The van der Waals surface area contributed by atoms with Gasteiger partial charge in [0.15, 0.2) is 0 Å². The van der Waals surface area contributed by atoms with E-state index in [-0.39, 0.29) is 5.92 Å². The van der Waals surface area contributed by atoms with E-state index in [2.05, 4.69) is 17.0 Å². The normalized spacial score (nSPS) is 19.1. The first-order valence-corrected chi connectivity index (χ1v) is 7.89. The largest absolute Gasteiger partial charge is 0.302 e. The quantitative estimate of drug-likeness (QED) is 0.822. The predicted octanol–water partition coefficient (Wildman–Crippen LogP) is 4.04. The zero-order chi connectivity index (χ0) is 16.0. The first kappa shape index (κ1) is 16.7. The molecule has 1 aliphatic rings. The lowest BCUT2D eigenvalue weighted by molar-refractivity contribution is 0.0517. The summed E-state index contributed by atoms with van der Waals surface area (Å²) in [5.41, 5.74) is -0.697. The smallest absolute Gasteiger partial charge is 0.138 e. The van der Waals surface area contributed by atoms with Crippen molar-refractivity contribution >= 4 is 11.6 Å². The van der Waals surface area contributed by atoms with Crippen molar-refractivity contribution in [3.63, 3.8) is 0 Å². The fourth-order valence-corrected chi connectivity index (χ4v) is 3.08. The van der Waals surface area contributed by atoms with Gasteiger partial charge in [0.1, 0.15) is 5.67 Å². The Bertz CT molecular complexity index is 582. The molecule has 1 aromatic carbocycles. The van der Waals surface area contributed by atoms with E-state index in [0.717, 1.165) is 0 Å². The number of benzene rings is 1. The minimum atomic E-state index is -1.34. The van der Waals surface area contributed by atoms with E-state index in [0.29, 0.717) is 55.9 Å². The maximum atomic E-state index is 15.1. The summed E-state index contributed by atoms with van der Waals surface area (Å²) < 4.78 is 15.1. The van der Waals surface area contributed by atoms with Crippen molar-refractivity contribution in [3.8, 4) is 12.1 Å². The number of nitriles is 2. The zero-order valence-corrected chi connectivity index (χ0v) is 13.2. The molecule has 116 valence electrons. The predicted molar refractivity (Wildman–Crippen MR) is 83.9 cm³/mol. The van der Waals surface area contributed by atoms with Crippen LogP contribution in [0.2, 0.25) is 5.02 Å². The molecule has 2 rings (SSSR count). The summed E-state index contributed by atoms with van der Waals surface area (Å²) in [4.78, 5) is 2.12. The van der Waals surface area contributed by atoms with Crippen molar-refractivity contribution in [1.82, 2.24) is 4.90 Å². The average Bonchev–Trinajstić information content (AvgIpc) is 2.53. The van der Waals surface area contributed by atoms with Crippen molar-refractivity contribution in [2.75, 3.05) is 19.6 Å². The fourth-order valence-electron chi connectivity index (χ4n) is 2.89. The standard InChI is InChI=1S/C17H19ClFN3/c18-16-5-1-4-15(11-16)17(19)6-9-22(10-7-17)13-14(12-21)3-2-8-20/h1,4-5,11,14H,2-3,6-7,9-10,13H2. The Balaban J connectivity index is 1.92. The van der Waals surface area contributed by atoms with Crippen LogP contribution in [0.3, 0.4) is 0 Å². The van der Waals surface area contributed by atoms with Crippen LogP contribution in [0.5, 0.6) is 0 Å². The molecule has 1 saturated heterocycles. The number of piperidine rings is 1. The lowest BCUT2D eigenvalue weighted by atomic mass is 9.86. The van der Waals surface area contributed by atoms with E-state index in [4.69, 9.17) is 22.1 Å². The van der Waals surface area contributed by atoms with Crippen LogP contribution in [-0.4, -0.2) is 24.5 Å². The van der Waals surface area contributed by atoms with Gasteiger partial charge in [-0.25, -0.2) is 4.39 Å². The van der Waals surface area contributed by atoms with Gasteiger partial charge in [-0.3, -0.25) is 0 Å². The number of halogens is 2. The van der Waals surface area contributed by atoms with Crippen LogP contribution in [0.15, 0.2) is 24.3 Å². The Labute approximate surface area is 135 Å². The fraction of sp³-hybridized carbons (Fsp3) is 0.529. The first-order chi connectivity index (χ1) is 10.6. The zero-order valence-electron chi connectivity index (χ0n) is 12.4. The highest BCUT2D eigenvalue weighted by Gasteiger charge is 2.36. The summed E-state index contributed by atoms with van der Waals surface area (Å²) in [5, 5.41) is 18.3. The lowest BCUT2D eigenvalue weighted by Crippen LogP contribution is -2.42. The molecule has 1 aliphatic heterocycles. The third kappa shape index (κ3) is 4.19. The molecule has 0 saturated carbocycles. The molecule has 0 spiro atoms. The van der Waals surface area contributed by atoms with Gasteiger partial charge in [0, 0.05) is 31.1 Å². The molecule has 0 bridgehead atoms. The van der Waals surface area contributed by atoms with E-state index in [1.54, 1.807) is 24.3 Å². The number of hydrogen-bond acceptors (Lipinski definition) is 3. The molecule has 1 unspecified atom stereocenters. The van der Waals surface area contributed by atoms with E-state index in [9.17, 15) is 0 Å². The minimum Gasteiger partial charge on any atom is -0.302 e. The second kappa shape index (κ2) is 7.58. The van der Waals surface area contributed by atoms with Gasteiger partial charge < -0.3 is 4.90 Å². The topological polar surface area (TPSA) is 50.8 Å². The molecule has 22 heavy (non-hydrogen) atoms. The minimum absolute atomic E-state index is 0.155. The van der Waals surface area contributed by atoms with Gasteiger partial charge in [0.2, 0.25) is 0 Å². The van der Waals surface area contributed by atoms with E-state index in [1.807, 2.05) is 0 Å². The Hall–Kier alpha value is -1.62. The molecule has 0 amide bonds. The summed E-state index contributed by atoms with van der Waals surface area (Å²) in [6.45, 7) is 1.85. The van der Waals surface area contributed by atoms with Crippen LogP contribution in [-0.2, 0) is 5.67 Å². The monoisotopic (exact) mass is 319 g/mol. The van der Waals surface area contributed by atoms with Crippen molar-refractivity contribution in [3.05, 3.63) is 34.9 Å². The molecule has 5 heteroatoms. The van der Waals surface area contributed by atoms with Gasteiger partial charge in [-0.05, 0) is 37.0 Å². The molecule has 1 atom stereocenters. The molecule has 0 aliphatic carbocycles. The van der Waals surface area contributed by atoms with Gasteiger partial charge in [-0.2, -0.15) is 10.5 Å². The summed E-state index contributed by atoms with van der Waals surface area (Å²) in [6, 6.07) is 11.3. The van der Waals surface area contributed by atoms with Crippen LogP contribution in [0.25, 0.3) is 0 Å². The van der Waals surface area contributed by atoms with Crippen molar-refractivity contribution in [2.45, 2.75) is 31.4 Å². The van der Waals surface area contributed by atoms with Gasteiger partial charge in [-0.1, -0.05) is 23.7 Å². The number of alkyl halides is 1. The van der Waals surface area contributed by atoms with Crippen molar-refractivity contribution < 1.29 is 4.39 Å². The van der Waals surface area contributed by atoms with E-state index in [1.165, 1.54) is 0 Å². The lowest BCUT2D eigenvalue weighted by Gasteiger charge is -2.37. The third-order valence-electron chi connectivity index (χ3n) is 4.26. The highest BCUT2D eigenvalue weighted by molar-refractivity contribution is 6.30. The Kier molecular flexibility index (Phi) is 5.77. The van der Waals surface area contributed by atoms with E-state index < -0.39 is 5.67 Å². The van der Waals surface area contributed by atoms with Gasteiger partial charge in [0.25, 0.3) is 0 Å². The molecule has 0 N–H and O–H groups in total. The summed E-state index contributed by atoms with van der Waals surface area (Å²) in [7, 11) is 0. The molecule has 3 nitrogen and oxygen atoms in total. The summed E-state index contributed by atoms with van der Waals surface area (Å²) >= 11 is 5.95. The number of likely N-dealkylation sites (tertiary alicyclic amines) is 1. The maximum Gasteiger partial charge on any atom is 0.138 e. The van der Waals surface area contributed by atoms with Crippen LogP contribution in [0, 0.1) is 28.6 Å². The highest BCUT2D eigenvalue weighted by atomic mass is 35.5. The second-order valence-corrected chi connectivity index (χ2v) is 6.24. The third-order valence-corrected chi connectivity index (χ3v) is 4.49. The van der Waals surface area contributed by atoms with Crippen LogP contribution in [0.1, 0.15) is 31.2 Å². The maximum absolute atomic E-state index is 15.1. The average molecular weight is 320 g/mol. The second-order valence-electron chi connectivity index (χ2n) is 5.80. The van der Waals surface area contributed by atoms with Crippen molar-refractivity contribution in [2.24, 2.45) is 5.92 Å².